The van der Waals surface area contributed by atoms with Gasteiger partial charge in [0.15, 0.2) is 0 Å². The molecule has 1 amide bonds. The first-order valence-corrected chi connectivity index (χ1v) is 6.74. The number of hydrogen-bond acceptors (Lipinski definition) is 3. The second-order valence-corrected chi connectivity index (χ2v) is 5.27. The van der Waals surface area contributed by atoms with Crippen molar-refractivity contribution in [1.29, 1.82) is 0 Å². The first kappa shape index (κ1) is 13.4. The summed E-state index contributed by atoms with van der Waals surface area (Å²) in [6, 6.07) is 5.70. The number of nitrogens with one attached hydrogen (secondary N) is 1. The van der Waals surface area contributed by atoms with E-state index in [0.29, 0.717) is 11.6 Å². The van der Waals surface area contributed by atoms with E-state index in [9.17, 15) is 4.79 Å². The third-order valence-corrected chi connectivity index (χ3v) is 3.92. The van der Waals surface area contributed by atoms with Gasteiger partial charge in [0.2, 0.25) is 0 Å². The van der Waals surface area contributed by atoms with Crippen LogP contribution in [-0.2, 0) is 0 Å². The average molecular weight is 313 g/mol. The lowest BCUT2D eigenvalue weighted by Crippen LogP contribution is -2.38. The molecule has 1 aliphatic heterocycles. The summed E-state index contributed by atoms with van der Waals surface area (Å²) < 4.78 is 5.96. The largest absolute Gasteiger partial charge is 0.496 e. The summed E-state index contributed by atoms with van der Waals surface area (Å²) in [4.78, 5) is 14.1. The SMILES string of the molecule is COc1ccc(C(=O)N(C)C2CCNC2)cc1Br. The molecule has 4 nitrogen and oxygen atoms in total. The van der Waals surface area contributed by atoms with Gasteiger partial charge in [0.05, 0.1) is 11.6 Å². The van der Waals surface area contributed by atoms with Crippen molar-refractivity contribution in [3.63, 3.8) is 0 Å². The zero-order valence-electron chi connectivity index (χ0n) is 10.6. The predicted octanol–water partition coefficient (Wildman–Crippen LogP) is 1.89. The first-order valence-electron chi connectivity index (χ1n) is 5.95. The summed E-state index contributed by atoms with van der Waals surface area (Å²) in [6.45, 7) is 1.86. The van der Waals surface area contributed by atoms with Crippen LogP contribution in [0.5, 0.6) is 5.75 Å². The van der Waals surface area contributed by atoms with Crippen molar-refractivity contribution in [2.45, 2.75) is 12.5 Å². The smallest absolute Gasteiger partial charge is 0.253 e. The summed E-state index contributed by atoms with van der Waals surface area (Å²) in [6.07, 6.45) is 1.01. The van der Waals surface area contributed by atoms with E-state index in [1.807, 2.05) is 11.9 Å². The van der Waals surface area contributed by atoms with Gasteiger partial charge in [-0.2, -0.15) is 0 Å². The van der Waals surface area contributed by atoms with Gasteiger partial charge in [-0.25, -0.2) is 0 Å². The number of nitrogens with zero attached hydrogens (tertiary/aromatic N) is 1. The van der Waals surface area contributed by atoms with E-state index in [1.54, 1.807) is 25.3 Å². The highest BCUT2D eigenvalue weighted by molar-refractivity contribution is 9.10. The van der Waals surface area contributed by atoms with E-state index < -0.39 is 0 Å². The number of rotatable bonds is 3. The predicted molar refractivity (Wildman–Crippen MR) is 74.1 cm³/mol. The van der Waals surface area contributed by atoms with Crippen LogP contribution in [0.3, 0.4) is 0 Å². The van der Waals surface area contributed by atoms with Crippen LogP contribution in [0.25, 0.3) is 0 Å². The number of amides is 1. The van der Waals surface area contributed by atoms with E-state index in [-0.39, 0.29) is 5.91 Å². The van der Waals surface area contributed by atoms with Gasteiger partial charge in [-0.15, -0.1) is 0 Å². The normalized spacial score (nSPS) is 18.7. The molecule has 0 radical (unpaired) electrons. The molecule has 1 N–H and O–H groups in total. The molecule has 1 aromatic rings. The Labute approximate surface area is 115 Å². The van der Waals surface area contributed by atoms with Gasteiger partial charge in [-0.05, 0) is 47.1 Å². The van der Waals surface area contributed by atoms with Crippen LogP contribution in [0.2, 0.25) is 0 Å². The van der Waals surface area contributed by atoms with Gasteiger partial charge in [-0.3, -0.25) is 4.79 Å². The van der Waals surface area contributed by atoms with Crippen molar-refractivity contribution in [3.8, 4) is 5.75 Å². The molecular weight excluding hydrogens is 296 g/mol. The zero-order valence-corrected chi connectivity index (χ0v) is 12.2. The number of halogens is 1. The molecule has 1 saturated heterocycles. The molecular formula is C13H17BrN2O2. The average Bonchev–Trinajstić information content (AvgIpc) is 2.90. The Morgan fingerprint density at radius 3 is 2.89 bits per heavy atom. The number of carbonyl (C=O) groups excluding carboxylic acids is 1. The maximum Gasteiger partial charge on any atom is 0.253 e. The van der Waals surface area contributed by atoms with Gasteiger partial charge >= 0.3 is 0 Å². The summed E-state index contributed by atoms with van der Waals surface area (Å²) in [7, 11) is 3.47. The van der Waals surface area contributed by atoms with Crippen molar-refractivity contribution in [2.24, 2.45) is 0 Å². The Bertz CT molecular complexity index is 445. The fraction of sp³-hybridized carbons (Fsp3) is 0.462. The number of ether oxygens (including phenoxy) is 1. The number of carbonyl (C=O) groups is 1. The minimum absolute atomic E-state index is 0.0482. The minimum atomic E-state index is 0.0482. The summed E-state index contributed by atoms with van der Waals surface area (Å²) in [5, 5.41) is 3.27. The second kappa shape index (κ2) is 5.71. The number of benzene rings is 1. The van der Waals surface area contributed by atoms with Crippen molar-refractivity contribution in [1.82, 2.24) is 10.2 Å². The third kappa shape index (κ3) is 2.67. The van der Waals surface area contributed by atoms with Crippen molar-refractivity contribution >= 4 is 21.8 Å². The number of hydrogen-bond donors (Lipinski definition) is 1. The summed E-state index contributed by atoms with van der Waals surface area (Å²) in [5.74, 6) is 0.781. The van der Waals surface area contributed by atoms with Gasteiger partial charge < -0.3 is 15.0 Å². The van der Waals surface area contributed by atoms with Crippen molar-refractivity contribution in [2.75, 3.05) is 27.2 Å². The highest BCUT2D eigenvalue weighted by Gasteiger charge is 2.24. The Hall–Kier alpha value is -1.07. The van der Waals surface area contributed by atoms with Crippen LogP contribution >= 0.6 is 15.9 Å². The first-order chi connectivity index (χ1) is 8.63. The Morgan fingerprint density at radius 2 is 2.33 bits per heavy atom. The Kier molecular flexibility index (Phi) is 4.24. The standard InChI is InChI=1S/C13H17BrN2O2/c1-16(10-5-6-15-8-10)13(17)9-3-4-12(18-2)11(14)7-9/h3-4,7,10,15H,5-6,8H2,1-2H3. The molecule has 2 rings (SSSR count). The minimum Gasteiger partial charge on any atom is -0.496 e. The molecule has 1 aromatic carbocycles. The fourth-order valence-corrected chi connectivity index (χ4v) is 2.68. The molecule has 0 saturated carbocycles. The van der Waals surface area contributed by atoms with E-state index >= 15 is 0 Å². The Balaban J connectivity index is 2.15. The summed E-state index contributed by atoms with van der Waals surface area (Å²) in [5.41, 5.74) is 0.678. The van der Waals surface area contributed by atoms with Crippen LogP contribution in [-0.4, -0.2) is 44.1 Å². The topological polar surface area (TPSA) is 41.6 Å². The van der Waals surface area contributed by atoms with Gasteiger partial charge in [0.1, 0.15) is 5.75 Å². The molecule has 0 aliphatic carbocycles. The molecule has 1 aliphatic rings. The highest BCUT2D eigenvalue weighted by atomic mass is 79.9. The zero-order chi connectivity index (χ0) is 13.1. The number of likely N-dealkylation sites (N-methyl/N-ethyl adjacent to an activating group) is 1. The van der Waals surface area contributed by atoms with E-state index in [4.69, 9.17) is 4.74 Å². The molecule has 0 bridgehead atoms. The third-order valence-electron chi connectivity index (χ3n) is 3.30. The maximum absolute atomic E-state index is 12.3. The second-order valence-electron chi connectivity index (χ2n) is 4.41. The van der Waals surface area contributed by atoms with Crippen molar-refractivity contribution in [3.05, 3.63) is 28.2 Å². The highest BCUT2D eigenvalue weighted by Crippen LogP contribution is 2.26. The molecule has 1 atom stereocenters. The lowest BCUT2D eigenvalue weighted by Gasteiger charge is -2.24. The fourth-order valence-electron chi connectivity index (χ4n) is 2.14. The molecule has 5 heteroatoms. The van der Waals surface area contributed by atoms with Crippen LogP contribution in [0.15, 0.2) is 22.7 Å². The van der Waals surface area contributed by atoms with Gasteiger partial charge in [-0.1, -0.05) is 0 Å². The molecule has 1 heterocycles. The van der Waals surface area contributed by atoms with E-state index in [2.05, 4.69) is 21.2 Å². The molecule has 18 heavy (non-hydrogen) atoms. The lowest BCUT2D eigenvalue weighted by molar-refractivity contribution is 0.0743. The molecule has 98 valence electrons. The lowest BCUT2D eigenvalue weighted by atomic mass is 10.1. The van der Waals surface area contributed by atoms with Crippen molar-refractivity contribution < 1.29 is 9.53 Å². The molecule has 1 unspecified atom stereocenters. The van der Waals surface area contributed by atoms with E-state index in [0.717, 1.165) is 29.7 Å². The number of methoxy groups -OCH3 is 1. The van der Waals surface area contributed by atoms with E-state index in [1.165, 1.54) is 0 Å². The van der Waals surface area contributed by atoms with Gasteiger partial charge in [0, 0.05) is 25.2 Å². The molecule has 1 fully saturated rings. The van der Waals surface area contributed by atoms with Crippen LogP contribution in [0.4, 0.5) is 0 Å². The monoisotopic (exact) mass is 312 g/mol. The van der Waals surface area contributed by atoms with Crippen LogP contribution < -0.4 is 10.1 Å². The van der Waals surface area contributed by atoms with Crippen LogP contribution in [0, 0.1) is 0 Å². The quantitative estimate of drug-likeness (QED) is 0.926. The Morgan fingerprint density at radius 1 is 1.56 bits per heavy atom. The summed E-state index contributed by atoms with van der Waals surface area (Å²) >= 11 is 3.40. The van der Waals surface area contributed by atoms with Crippen LogP contribution in [0.1, 0.15) is 16.8 Å². The molecule has 0 spiro atoms. The van der Waals surface area contributed by atoms with Gasteiger partial charge in [0.25, 0.3) is 5.91 Å². The maximum atomic E-state index is 12.3. The molecule has 0 aromatic heterocycles.